The topological polar surface area (TPSA) is 99.6 Å². The molecule has 3 aromatic rings. The molecule has 2 aromatic heterocycles. The number of hydrogen-bond acceptors (Lipinski definition) is 4. The lowest BCUT2D eigenvalue weighted by atomic mass is 9.79. The molecule has 142 valence electrons. The lowest BCUT2D eigenvalue weighted by Crippen LogP contribution is -2.45. The molecule has 5 rings (SSSR count). The molecule has 2 aliphatic carbocycles. The fraction of sp³-hybridized carbons (Fsp3) is 0.300. The summed E-state index contributed by atoms with van der Waals surface area (Å²) in [5, 5.41) is 18.4. The number of hydrogen-bond donors (Lipinski definition) is 1. The van der Waals surface area contributed by atoms with E-state index in [0.717, 1.165) is 34.1 Å². The summed E-state index contributed by atoms with van der Waals surface area (Å²) in [4.78, 5) is 26.7. The van der Waals surface area contributed by atoms with Gasteiger partial charge in [0.25, 0.3) is 0 Å². The Labute approximate surface area is 159 Å². The molecule has 0 spiro atoms. The Morgan fingerprint density at radius 3 is 2.61 bits per heavy atom. The molecule has 0 unspecified atom stereocenters. The Balaban J connectivity index is 1.78. The van der Waals surface area contributed by atoms with Crippen LogP contribution in [0.15, 0.2) is 64.5 Å². The molecule has 2 bridgehead atoms. The van der Waals surface area contributed by atoms with Crippen LogP contribution in [0.25, 0.3) is 5.69 Å². The fourth-order valence-corrected chi connectivity index (χ4v) is 5.34. The minimum absolute atomic E-state index is 0.0707. The lowest BCUT2D eigenvalue weighted by Gasteiger charge is -2.35. The van der Waals surface area contributed by atoms with E-state index < -0.39 is 16.9 Å². The van der Waals surface area contributed by atoms with Gasteiger partial charge >= 0.3 is 11.4 Å². The lowest BCUT2D eigenvalue weighted by molar-refractivity contribution is -0.669. The predicted molar refractivity (Wildman–Crippen MR) is 101 cm³/mol. The van der Waals surface area contributed by atoms with Crippen LogP contribution in [0.3, 0.4) is 0 Å². The van der Waals surface area contributed by atoms with Crippen LogP contribution < -0.4 is 16.2 Å². The van der Waals surface area contributed by atoms with Crippen molar-refractivity contribution in [3.63, 3.8) is 0 Å². The Bertz CT molecular complexity index is 1220. The average Bonchev–Trinajstić information content (AvgIpc) is 3.29. The number of rotatable bonds is 3. The zero-order chi connectivity index (χ0) is 19.6. The number of benzene rings is 1. The maximum atomic E-state index is 13.4. The smallest absolute Gasteiger partial charge is 0.352 e. The van der Waals surface area contributed by atoms with E-state index in [4.69, 9.17) is 0 Å². The van der Waals surface area contributed by atoms with Gasteiger partial charge in [-0.1, -0.05) is 35.2 Å². The molecular weight excluding hydrogens is 358 g/mol. The van der Waals surface area contributed by atoms with Crippen LogP contribution in [0.1, 0.15) is 42.7 Å². The second-order valence-corrected chi connectivity index (χ2v) is 7.58. The SMILES string of the molecule is C=C(C)[C@]1(n2[nH]c(=O)n(-c3ccccc3)c2=O)[C@@H]2CC[C@H]1c1c[n+]([O-])ncc12. The largest absolute Gasteiger partial charge is 0.594 e. The van der Waals surface area contributed by atoms with Gasteiger partial charge < -0.3 is 5.21 Å². The van der Waals surface area contributed by atoms with Gasteiger partial charge in [-0.2, -0.15) is 0 Å². The molecule has 1 fully saturated rings. The van der Waals surface area contributed by atoms with Crippen LogP contribution in [0, 0.1) is 5.21 Å². The number of fused-ring (bicyclic) bond motifs is 5. The molecule has 1 N–H and O–H groups in total. The standard InChI is InChI=1S/C20H19N5O3/c1-12(2)20(16-8-9-17(20)15-11-23(28)21-10-14(15)16)25-19(27)24(18(26)22-25)13-6-4-3-5-7-13/h3-7,10-11,16-17H,1,8-9H2,2H3,(H,22,26)/t16-,17+,20+/m1/s1. The van der Waals surface area contributed by atoms with Gasteiger partial charge in [0.15, 0.2) is 0 Å². The molecule has 0 saturated heterocycles. The van der Waals surface area contributed by atoms with Crippen molar-refractivity contribution in [2.45, 2.75) is 37.1 Å². The molecule has 0 amide bonds. The number of H-pyrrole nitrogens is 1. The number of allylic oxidation sites excluding steroid dienone is 1. The third-order valence-corrected chi connectivity index (χ3v) is 6.31. The molecule has 1 saturated carbocycles. The minimum Gasteiger partial charge on any atom is -0.594 e. The number of aromatic amines is 1. The highest BCUT2D eigenvalue weighted by Gasteiger charge is 2.61. The molecule has 1 aromatic carbocycles. The van der Waals surface area contributed by atoms with Crippen molar-refractivity contribution in [3.05, 3.63) is 92.2 Å². The van der Waals surface area contributed by atoms with Crippen molar-refractivity contribution in [1.82, 2.24) is 19.4 Å². The summed E-state index contributed by atoms with van der Waals surface area (Å²) < 4.78 is 2.57. The van der Waals surface area contributed by atoms with Gasteiger partial charge in [-0.3, -0.25) is 0 Å². The van der Waals surface area contributed by atoms with Crippen molar-refractivity contribution < 1.29 is 4.85 Å². The monoisotopic (exact) mass is 377 g/mol. The fourth-order valence-electron chi connectivity index (χ4n) is 5.34. The van der Waals surface area contributed by atoms with Crippen LogP contribution >= 0.6 is 0 Å². The van der Waals surface area contributed by atoms with Crippen molar-refractivity contribution in [3.8, 4) is 5.69 Å². The van der Waals surface area contributed by atoms with Gasteiger partial charge in [0.2, 0.25) is 6.20 Å². The van der Waals surface area contributed by atoms with Crippen molar-refractivity contribution in [2.24, 2.45) is 0 Å². The highest BCUT2D eigenvalue weighted by molar-refractivity contribution is 5.48. The van der Waals surface area contributed by atoms with Crippen LogP contribution in [-0.4, -0.2) is 19.4 Å². The van der Waals surface area contributed by atoms with Crippen molar-refractivity contribution in [2.75, 3.05) is 0 Å². The first-order valence-corrected chi connectivity index (χ1v) is 9.21. The van der Waals surface area contributed by atoms with Gasteiger partial charge in [0, 0.05) is 22.5 Å². The summed E-state index contributed by atoms with van der Waals surface area (Å²) in [5.74, 6) is -0.188. The maximum Gasteiger partial charge on any atom is 0.352 e. The second-order valence-electron chi connectivity index (χ2n) is 7.58. The quantitative estimate of drug-likeness (QED) is 0.422. The zero-order valence-corrected chi connectivity index (χ0v) is 15.3. The summed E-state index contributed by atoms with van der Waals surface area (Å²) >= 11 is 0. The van der Waals surface area contributed by atoms with E-state index in [-0.39, 0.29) is 11.8 Å². The van der Waals surface area contributed by atoms with E-state index in [1.54, 1.807) is 30.5 Å². The van der Waals surface area contributed by atoms with Crippen molar-refractivity contribution in [1.29, 1.82) is 0 Å². The van der Waals surface area contributed by atoms with Gasteiger partial charge in [0.05, 0.1) is 11.9 Å². The number of nitrogens with zero attached hydrogens (tertiary/aromatic N) is 4. The molecule has 2 aliphatic rings. The summed E-state index contributed by atoms with van der Waals surface area (Å²) in [6.07, 6.45) is 4.70. The number of nitrogens with one attached hydrogen (secondary N) is 1. The summed E-state index contributed by atoms with van der Waals surface area (Å²) in [6.45, 7) is 6.06. The predicted octanol–water partition coefficient (Wildman–Crippen LogP) is 1.30. The first kappa shape index (κ1) is 16.7. The normalized spacial score (nSPS) is 25.0. The Morgan fingerprint density at radius 2 is 1.93 bits per heavy atom. The summed E-state index contributed by atoms with van der Waals surface area (Å²) in [5.41, 5.74) is 1.37. The Kier molecular flexibility index (Phi) is 3.31. The summed E-state index contributed by atoms with van der Waals surface area (Å²) in [7, 11) is 0. The number of para-hydroxylation sites is 1. The Morgan fingerprint density at radius 1 is 1.25 bits per heavy atom. The highest BCUT2D eigenvalue weighted by atomic mass is 16.5. The van der Waals surface area contributed by atoms with E-state index in [9.17, 15) is 14.8 Å². The van der Waals surface area contributed by atoms with Crippen molar-refractivity contribution >= 4 is 0 Å². The first-order chi connectivity index (χ1) is 13.5. The van der Waals surface area contributed by atoms with Gasteiger partial charge in [-0.15, -0.1) is 0 Å². The molecule has 2 heterocycles. The zero-order valence-electron chi connectivity index (χ0n) is 15.3. The second kappa shape index (κ2) is 5.54. The molecule has 0 radical (unpaired) electrons. The summed E-state index contributed by atoms with van der Waals surface area (Å²) in [6, 6.07) is 8.82. The van der Waals surface area contributed by atoms with Crippen LogP contribution in [0.4, 0.5) is 0 Å². The van der Waals surface area contributed by atoms with E-state index in [1.807, 2.05) is 13.0 Å². The van der Waals surface area contributed by atoms with E-state index in [2.05, 4.69) is 16.8 Å². The van der Waals surface area contributed by atoms with E-state index in [0.29, 0.717) is 10.5 Å². The van der Waals surface area contributed by atoms with Gasteiger partial charge in [-0.05, 0) is 37.5 Å². The first-order valence-electron chi connectivity index (χ1n) is 9.21. The third-order valence-electron chi connectivity index (χ3n) is 6.31. The molecule has 8 nitrogen and oxygen atoms in total. The Hall–Kier alpha value is -3.42. The van der Waals surface area contributed by atoms with Crippen LogP contribution in [0.2, 0.25) is 0 Å². The molecule has 8 heteroatoms. The third kappa shape index (κ3) is 1.89. The van der Waals surface area contributed by atoms with Gasteiger partial charge in [-0.25, -0.2) is 23.9 Å². The van der Waals surface area contributed by atoms with E-state index in [1.165, 1.54) is 10.9 Å². The minimum atomic E-state index is -0.811. The highest BCUT2D eigenvalue weighted by Crippen LogP contribution is 2.64. The average molecular weight is 377 g/mol. The number of aromatic nitrogens is 5. The van der Waals surface area contributed by atoms with E-state index >= 15 is 0 Å². The molecular formula is C20H19N5O3. The molecule has 0 aliphatic heterocycles. The van der Waals surface area contributed by atoms with Crippen LogP contribution in [-0.2, 0) is 5.54 Å². The molecule has 28 heavy (non-hydrogen) atoms. The maximum absolute atomic E-state index is 13.4. The van der Waals surface area contributed by atoms with Crippen LogP contribution in [0.5, 0.6) is 0 Å². The molecule has 3 atom stereocenters. The van der Waals surface area contributed by atoms with Gasteiger partial charge in [0.1, 0.15) is 5.54 Å².